The van der Waals surface area contributed by atoms with E-state index in [4.69, 9.17) is 23.2 Å². The first-order valence-electron chi connectivity index (χ1n) is 10.0. The highest BCUT2D eigenvalue weighted by atomic mass is 35.5. The summed E-state index contributed by atoms with van der Waals surface area (Å²) in [5, 5.41) is 8.20. The average molecular weight is 453 g/mol. The molecular formula is C22H30Cl2N4O2. The fraction of sp³-hybridized carbons (Fsp3) is 0.500. The number of hydrogen-bond acceptors (Lipinski definition) is 3. The van der Waals surface area contributed by atoms with Gasteiger partial charge in [-0.15, -0.1) is 11.6 Å². The number of amides is 2. The van der Waals surface area contributed by atoms with Gasteiger partial charge in [0.15, 0.2) is 0 Å². The van der Waals surface area contributed by atoms with Gasteiger partial charge in [-0.1, -0.05) is 46.2 Å². The Labute approximate surface area is 188 Å². The summed E-state index contributed by atoms with van der Waals surface area (Å²) in [6, 6.07) is 9.07. The van der Waals surface area contributed by atoms with Crippen LogP contribution in [0, 0.1) is 5.92 Å². The second-order valence-corrected chi connectivity index (χ2v) is 9.44. The third kappa shape index (κ3) is 6.74. The molecule has 164 valence electrons. The molecule has 2 rings (SSSR count). The lowest BCUT2D eigenvalue weighted by Crippen LogP contribution is -2.40. The van der Waals surface area contributed by atoms with Crippen molar-refractivity contribution in [2.24, 2.45) is 5.92 Å². The van der Waals surface area contributed by atoms with Crippen LogP contribution in [0.3, 0.4) is 0 Å². The normalized spacial score (nSPS) is 11.6. The SMILES string of the molecule is CC(C)CCN(CC(=O)Nc1cc(C(C)(C)C)nn1-c1ccc(Cl)cc1)C(=O)CCl. The minimum atomic E-state index is -0.298. The highest BCUT2D eigenvalue weighted by Crippen LogP contribution is 2.26. The van der Waals surface area contributed by atoms with Crippen molar-refractivity contribution in [1.82, 2.24) is 14.7 Å². The number of nitrogens with one attached hydrogen (secondary N) is 1. The highest BCUT2D eigenvalue weighted by molar-refractivity contribution is 6.30. The summed E-state index contributed by atoms with van der Waals surface area (Å²) in [4.78, 5) is 26.4. The first-order valence-corrected chi connectivity index (χ1v) is 10.9. The quantitative estimate of drug-likeness (QED) is 0.580. The van der Waals surface area contributed by atoms with E-state index in [0.717, 1.165) is 17.8 Å². The summed E-state index contributed by atoms with van der Waals surface area (Å²) in [7, 11) is 0. The molecule has 0 atom stereocenters. The number of halogens is 2. The number of nitrogens with zero attached hydrogens (tertiary/aromatic N) is 3. The lowest BCUT2D eigenvalue weighted by atomic mass is 9.92. The van der Waals surface area contributed by atoms with Crippen LogP contribution in [-0.2, 0) is 15.0 Å². The van der Waals surface area contributed by atoms with Gasteiger partial charge >= 0.3 is 0 Å². The lowest BCUT2D eigenvalue weighted by molar-refractivity contribution is -0.132. The smallest absolute Gasteiger partial charge is 0.245 e. The summed E-state index contributed by atoms with van der Waals surface area (Å²) in [6.07, 6.45) is 0.798. The fourth-order valence-corrected chi connectivity index (χ4v) is 3.06. The molecule has 8 heteroatoms. The Morgan fingerprint density at radius 3 is 2.37 bits per heavy atom. The van der Waals surface area contributed by atoms with Gasteiger partial charge < -0.3 is 10.2 Å². The van der Waals surface area contributed by atoms with Crippen LogP contribution in [0.5, 0.6) is 0 Å². The van der Waals surface area contributed by atoms with Crippen molar-refractivity contribution < 1.29 is 9.59 Å². The second-order valence-electron chi connectivity index (χ2n) is 8.73. The molecule has 0 bridgehead atoms. The summed E-state index contributed by atoms with van der Waals surface area (Å²) in [5.74, 6) is 0.248. The minimum Gasteiger partial charge on any atom is -0.332 e. The van der Waals surface area contributed by atoms with Crippen molar-refractivity contribution >= 4 is 40.8 Å². The minimum absolute atomic E-state index is 0.0606. The molecule has 0 aliphatic carbocycles. The molecule has 2 aromatic rings. The van der Waals surface area contributed by atoms with Gasteiger partial charge in [-0.2, -0.15) is 5.10 Å². The molecule has 1 aromatic heterocycles. The summed E-state index contributed by atoms with van der Waals surface area (Å²) in [5.41, 5.74) is 1.41. The Bertz CT molecular complexity index is 870. The van der Waals surface area contributed by atoms with Gasteiger partial charge in [0.05, 0.1) is 17.9 Å². The van der Waals surface area contributed by atoms with Crippen LogP contribution < -0.4 is 5.32 Å². The van der Waals surface area contributed by atoms with Crippen LogP contribution >= 0.6 is 23.2 Å². The molecule has 0 radical (unpaired) electrons. The third-order valence-corrected chi connectivity index (χ3v) is 5.07. The van der Waals surface area contributed by atoms with Gasteiger partial charge in [-0.3, -0.25) is 9.59 Å². The van der Waals surface area contributed by atoms with Gasteiger partial charge in [-0.05, 0) is 36.6 Å². The van der Waals surface area contributed by atoms with Gasteiger partial charge in [0.1, 0.15) is 11.7 Å². The molecule has 2 amide bonds. The first-order chi connectivity index (χ1) is 14.0. The van der Waals surface area contributed by atoms with Crippen molar-refractivity contribution in [1.29, 1.82) is 0 Å². The van der Waals surface area contributed by atoms with Crippen LogP contribution in [-0.4, -0.2) is 45.5 Å². The topological polar surface area (TPSA) is 67.2 Å². The van der Waals surface area contributed by atoms with Gasteiger partial charge in [0.25, 0.3) is 0 Å². The molecule has 0 saturated carbocycles. The number of benzene rings is 1. The number of hydrogen-bond donors (Lipinski definition) is 1. The lowest BCUT2D eigenvalue weighted by Gasteiger charge is -2.22. The van der Waals surface area contributed by atoms with Crippen molar-refractivity contribution in [3.63, 3.8) is 0 Å². The standard InChI is InChI=1S/C22H30Cl2N4O2/c1-15(2)10-11-27(21(30)13-23)14-20(29)25-19-12-18(22(3,4)5)26-28(19)17-8-6-16(24)7-9-17/h6-9,12,15H,10-11,13-14H2,1-5H3,(H,25,29). The van der Waals surface area contributed by atoms with Crippen LogP contribution in [0.4, 0.5) is 5.82 Å². The zero-order valence-corrected chi connectivity index (χ0v) is 19.7. The molecule has 0 fully saturated rings. The Balaban J connectivity index is 2.26. The third-order valence-electron chi connectivity index (χ3n) is 4.59. The number of anilines is 1. The van der Waals surface area contributed by atoms with Crippen LogP contribution in [0.2, 0.25) is 5.02 Å². The summed E-state index contributed by atoms with van der Waals surface area (Å²) >= 11 is 11.7. The second kappa shape index (κ2) is 10.3. The maximum absolute atomic E-state index is 12.8. The molecule has 1 aromatic carbocycles. The molecule has 1 N–H and O–H groups in total. The zero-order valence-electron chi connectivity index (χ0n) is 18.2. The predicted octanol–water partition coefficient (Wildman–Crippen LogP) is 4.88. The van der Waals surface area contributed by atoms with E-state index < -0.39 is 0 Å². The Hall–Kier alpha value is -2.05. The monoisotopic (exact) mass is 452 g/mol. The van der Waals surface area contributed by atoms with Crippen molar-refractivity contribution in [2.75, 3.05) is 24.3 Å². The number of alkyl halides is 1. The molecule has 1 heterocycles. The number of rotatable bonds is 8. The van der Waals surface area contributed by atoms with E-state index in [1.54, 1.807) is 16.8 Å². The van der Waals surface area contributed by atoms with Gasteiger partial charge in [0, 0.05) is 23.0 Å². The van der Waals surface area contributed by atoms with E-state index in [0.29, 0.717) is 23.3 Å². The van der Waals surface area contributed by atoms with E-state index in [2.05, 4.69) is 45.0 Å². The molecule has 0 spiro atoms. The fourth-order valence-electron chi connectivity index (χ4n) is 2.76. The van der Waals surface area contributed by atoms with Crippen molar-refractivity contribution in [3.8, 4) is 5.69 Å². The largest absolute Gasteiger partial charge is 0.332 e. The summed E-state index contributed by atoms with van der Waals surface area (Å²) in [6.45, 7) is 10.7. The average Bonchev–Trinajstić information content (AvgIpc) is 3.09. The zero-order chi connectivity index (χ0) is 22.5. The Morgan fingerprint density at radius 2 is 1.83 bits per heavy atom. The van der Waals surface area contributed by atoms with Crippen molar-refractivity contribution in [2.45, 2.75) is 46.5 Å². The van der Waals surface area contributed by atoms with Gasteiger partial charge in [0.2, 0.25) is 11.8 Å². The summed E-state index contributed by atoms with van der Waals surface area (Å²) < 4.78 is 1.68. The van der Waals surface area contributed by atoms with E-state index in [1.165, 1.54) is 4.90 Å². The van der Waals surface area contributed by atoms with E-state index in [9.17, 15) is 9.59 Å². The predicted molar refractivity (Wildman–Crippen MR) is 123 cm³/mol. The van der Waals surface area contributed by atoms with Crippen LogP contribution in [0.25, 0.3) is 5.69 Å². The van der Waals surface area contributed by atoms with Crippen molar-refractivity contribution in [3.05, 3.63) is 41.0 Å². The number of carbonyl (C=O) groups is 2. The van der Waals surface area contributed by atoms with Gasteiger partial charge in [-0.25, -0.2) is 4.68 Å². The number of carbonyl (C=O) groups excluding carboxylic acids is 2. The van der Waals surface area contributed by atoms with E-state index >= 15 is 0 Å². The molecule has 6 nitrogen and oxygen atoms in total. The van der Waals surface area contributed by atoms with E-state index in [-0.39, 0.29) is 29.7 Å². The highest BCUT2D eigenvalue weighted by Gasteiger charge is 2.23. The molecular weight excluding hydrogens is 423 g/mol. The van der Waals surface area contributed by atoms with Crippen LogP contribution in [0.15, 0.2) is 30.3 Å². The Kier molecular flexibility index (Phi) is 8.33. The molecule has 30 heavy (non-hydrogen) atoms. The molecule has 0 saturated heterocycles. The molecule has 0 aliphatic heterocycles. The molecule has 0 unspecified atom stereocenters. The maximum Gasteiger partial charge on any atom is 0.245 e. The molecule has 0 aliphatic rings. The Morgan fingerprint density at radius 1 is 1.20 bits per heavy atom. The first kappa shape index (κ1) is 24.2. The maximum atomic E-state index is 12.8. The number of aromatic nitrogens is 2. The van der Waals surface area contributed by atoms with Crippen LogP contribution in [0.1, 0.15) is 46.7 Å². The van der Waals surface area contributed by atoms with E-state index in [1.807, 2.05) is 18.2 Å².